The lowest BCUT2D eigenvalue weighted by Gasteiger charge is -2.25. The zero-order chi connectivity index (χ0) is 20.1. The number of hydrogen-bond acceptors (Lipinski definition) is 4. The van der Waals surface area contributed by atoms with E-state index in [1.807, 2.05) is 11.7 Å². The van der Waals surface area contributed by atoms with Crippen LogP contribution in [0, 0.1) is 0 Å². The van der Waals surface area contributed by atoms with Crippen molar-refractivity contribution in [2.45, 2.75) is 38.5 Å². The Morgan fingerprint density at radius 3 is 2.97 bits per heavy atom. The van der Waals surface area contributed by atoms with Crippen LogP contribution in [0.1, 0.15) is 23.6 Å². The van der Waals surface area contributed by atoms with Crippen LogP contribution < -0.4 is 10.6 Å². The lowest BCUT2D eigenvalue weighted by atomic mass is 10.0. The highest BCUT2D eigenvalue weighted by molar-refractivity contribution is 5.85. The normalized spacial score (nSPS) is 16.6. The van der Waals surface area contributed by atoms with E-state index >= 15 is 0 Å². The summed E-state index contributed by atoms with van der Waals surface area (Å²) in [5, 5.41) is 14.1. The van der Waals surface area contributed by atoms with E-state index in [1.54, 1.807) is 7.11 Å². The molecular weight excluding hydrogens is 364 g/mol. The molecule has 0 bridgehead atoms. The van der Waals surface area contributed by atoms with Crippen molar-refractivity contribution < 1.29 is 4.74 Å². The number of aliphatic imine (C=N–C) groups is 1. The van der Waals surface area contributed by atoms with Gasteiger partial charge in [-0.05, 0) is 29.2 Å². The summed E-state index contributed by atoms with van der Waals surface area (Å²) in [5.74, 6) is 2.62. The van der Waals surface area contributed by atoms with Gasteiger partial charge in [-0.15, -0.1) is 0 Å². The number of fused-ring (bicyclic) bond motifs is 2. The fraction of sp³-hybridized carbons (Fsp3) is 0.409. The maximum atomic E-state index is 5.14. The third kappa shape index (κ3) is 4.56. The molecule has 29 heavy (non-hydrogen) atoms. The number of benzene rings is 2. The Bertz CT molecular complexity index is 991. The van der Waals surface area contributed by atoms with Gasteiger partial charge in [0.2, 0.25) is 0 Å². The van der Waals surface area contributed by atoms with Crippen LogP contribution in [0.4, 0.5) is 0 Å². The van der Waals surface area contributed by atoms with E-state index in [1.165, 1.54) is 16.3 Å². The van der Waals surface area contributed by atoms with Gasteiger partial charge in [0.25, 0.3) is 0 Å². The largest absolute Gasteiger partial charge is 0.377 e. The monoisotopic (exact) mass is 392 g/mol. The SMILES string of the molecule is CN=C(NCCc1cccc2ccccc12)NC1CCc2nc(COC)nn2C1. The van der Waals surface area contributed by atoms with Crippen LogP contribution in [-0.2, 0) is 30.7 Å². The summed E-state index contributed by atoms with van der Waals surface area (Å²) in [7, 11) is 3.48. The van der Waals surface area contributed by atoms with E-state index in [4.69, 9.17) is 4.74 Å². The average molecular weight is 393 g/mol. The Balaban J connectivity index is 1.32. The molecule has 0 amide bonds. The summed E-state index contributed by atoms with van der Waals surface area (Å²) in [6.07, 6.45) is 2.86. The van der Waals surface area contributed by atoms with Crippen LogP contribution in [0.2, 0.25) is 0 Å². The molecule has 0 fully saturated rings. The number of aromatic nitrogens is 3. The number of nitrogens with zero attached hydrogens (tertiary/aromatic N) is 4. The minimum absolute atomic E-state index is 0.281. The summed E-state index contributed by atoms with van der Waals surface area (Å²) < 4.78 is 7.12. The molecule has 0 spiro atoms. The lowest BCUT2D eigenvalue weighted by molar-refractivity contribution is 0.177. The van der Waals surface area contributed by atoms with Crippen LogP contribution >= 0.6 is 0 Å². The maximum Gasteiger partial charge on any atom is 0.191 e. The number of rotatable bonds is 6. The first kappa shape index (κ1) is 19.4. The van der Waals surface area contributed by atoms with Crippen molar-refractivity contribution in [2.24, 2.45) is 4.99 Å². The lowest BCUT2D eigenvalue weighted by Crippen LogP contribution is -2.47. The van der Waals surface area contributed by atoms with E-state index in [0.717, 1.165) is 50.0 Å². The molecule has 1 atom stereocenters. The Morgan fingerprint density at radius 1 is 1.24 bits per heavy atom. The number of aryl methyl sites for hydroxylation is 1. The highest BCUT2D eigenvalue weighted by Crippen LogP contribution is 2.18. The standard InChI is InChI=1S/C22H28N6O/c1-23-22(24-13-12-17-8-5-7-16-6-3-4-9-19(16)17)25-18-10-11-21-26-20(15-29-2)27-28(21)14-18/h3-9,18H,10-15H2,1-2H3,(H2,23,24,25). The Morgan fingerprint density at radius 2 is 2.10 bits per heavy atom. The summed E-state index contributed by atoms with van der Waals surface area (Å²) in [6.45, 7) is 2.07. The molecule has 0 saturated carbocycles. The van der Waals surface area contributed by atoms with E-state index in [0.29, 0.717) is 6.61 Å². The van der Waals surface area contributed by atoms with Crippen molar-refractivity contribution >= 4 is 16.7 Å². The molecule has 0 aliphatic carbocycles. The molecule has 0 saturated heterocycles. The van der Waals surface area contributed by atoms with Gasteiger partial charge in [-0.25, -0.2) is 9.67 Å². The van der Waals surface area contributed by atoms with Gasteiger partial charge in [0.1, 0.15) is 12.4 Å². The minimum Gasteiger partial charge on any atom is -0.377 e. The molecule has 0 radical (unpaired) electrons. The molecular formula is C22H28N6O. The Hall–Kier alpha value is -2.93. The molecule has 2 aromatic carbocycles. The van der Waals surface area contributed by atoms with Crippen molar-refractivity contribution in [3.63, 3.8) is 0 Å². The molecule has 1 aliphatic rings. The number of guanidine groups is 1. The molecule has 2 heterocycles. The molecule has 1 unspecified atom stereocenters. The van der Waals surface area contributed by atoms with Gasteiger partial charge >= 0.3 is 0 Å². The zero-order valence-electron chi connectivity index (χ0n) is 17.1. The molecule has 1 aromatic heterocycles. The van der Waals surface area contributed by atoms with Gasteiger partial charge in [-0.2, -0.15) is 5.10 Å². The molecule has 3 aromatic rings. The van der Waals surface area contributed by atoms with Crippen LogP contribution in [0.3, 0.4) is 0 Å². The first-order chi connectivity index (χ1) is 14.3. The van der Waals surface area contributed by atoms with Crippen LogP contribution in [0.15, 0.2) is 47.5 Å². The third-order valence-electron chi connectivity index (χ3n) is 5.31. The van der Waals surface area contributed by atoms with Crippen molar-refractivity contribution in [1.29, 1.82) is 0 Å². The predicted octanol–water partition coefficient (Wildman–Crippen LogP) is 2.30. The van der Waals surface area contributed by atoms with E-state index < -0.39 is 0 Å². The van der Waals surface area contributed by atoms with Crippen molar-refractivity contribution in [3.05, 3.63) is 59.7 Å². The Labute approximate surface area is 171 Å². The van der Waals surface area contributed by atoms with Gasteiger partial charge < -0.3 is 15.4 Å². The van der Waals surface area contributed by atoms with Gasteiger partial charge in [0.15, 0.2) is 11.8 Å². The van der Waals surface area contributed by atoms with E-state index in [9.17, 15) is 0 Å². The molecule has 4 rings (SSSR count). The first-order valence-corrected chi connectivity index (χ1v) is 10.1. The number of methoxy groups -OCH3 is 1. The quantitative estimate of drug-likeness (QED) is 0.497. The second-order valence-electron chi connectivity index (χ2n) is 7.33. The summed E-state index contributed by atoms with van der Waals surface area (Å²) in [5.41, 5.74) is 1.35. The van der Waals surface area contributed by atoms with Gasteiger partial charge in [-0.3, -0.25) is 4.99 Å². The third-order valence-corrected chi connectivity index (χ3v) is 5.31. The van der Waals surface area contributed by atoms with Crippen molar-refractivity contribution in [1.82, 2.24) is 25.4 Å². The van der Waals surface area contributed by atoms with Crippen molar-refractivity contribution in [2.75, 3.05) is 20.7 Å². The van der Waals surface area contributed by atoms with Crippen LogP contribution in [0.5, 0.6) is 0 Å². The van der Waals surface area contributed by atoms with Crippen LogP contribution in [-0.4, -0.2) is 47.5 Å². The van der Waals surface area contributed by atoms with Gasteiger partial charge in [0.05, 0.1) is 6.54 Å². The minimum atomic E-state index is 0.281. The fourth-order valence-corrected chi connectivity index (χ4v) is 3.88. The topological polar surface area (TPSA) is 76.4 Å². The van der Waals surface area contributed by atoms with E-state index in [-0.39, 0.29) is 6.04 Å². The molecule has 152 valence electrons. The highest BCUT2D eigenvalue weighted by atomic mass is 16.5. The Kier molecular flexibility index (Phi) is 6.05. The molecule has 2 N–H and O–H groups in total. The van der Waals surface area contributed by atoms with Crippen molar-refractivity contribution in [3.8, 4) is 0 Å². The first-order valence-electron chi connectivity index (χ1n) is 10.1. The summed E-state index contributed by atoms with van der Waals surface area (Å²) in [6, 6.07) is 15.3. The van der Waals surface area contributed by atoms with E-state index in [2.05, 4.69) is 68.2 Å². The molecule has 7 heteroatoms. The predicted molar refractivity (Wildman–Crippen MR) is 115 cm³/mol. The zero-order valence-corrected chi connectivity index (χ0v) is 17.1. The number of hydrogen-bond donors (Lipinski definition) is 2. The summed E-state index contributed by atoms with van der Waals surface area (Å²) in [4.78, 5) is 8.93. The van der Waals surface area contributed by atoms with Crippen LogP contribution in [0.25, 0.3) is 10.8 Å². The second-order valence-corrected chi connectivity index (χ2v) is 7.33. The maximum absolute atomic E-state index is 5.14. The summed E-state index contributed by atoms with van der Waals surface area (Å²) >= 11 is 0. The molecule has 1 aliphatic heterocycles. The number of ether oxygens (including phenoxy) is 1. The van der Waals surface area contributed by atoms with Gasteiger partial charge in [0, 0.05) is 33.2 Å². The fourth-order valence-electron chi connectivity index (χ4n) is 3.88. The molecule has 7 nitrogen and oxygen atoms in total. The second kappa shape index (κ2) is 9.05. The average Bonchev–Trinajstić information content (AvgIpc) is 3.15. The highest BCUT2D eigenvalue weighted by Gasteiger charge is 2.22. The number of nitrogens with one attached hydrogen (secondary N) is 2. The van der Waals surface area contributed by atoms with Gasteiger partial charge in [-0.1, -0.05) is 42.5 Å². The smallest absolute Gasteiger partial charge is 0.191 e.